The summed E-state index contributed by atoms with van der Waals surface area (Å²) < 4.78 is 20.5. The molecule has 0 aliphatic heterocycles. The number of nitrogens with zero attached hydrogens (tertiary/aromatic N) is 5. The molecule has 0 amide bonds. The number of hydrogen-bond acceptors (Lipinski definition) is 6. The van der Waals surface area contributed by atoms with Crippen molar-refractivity contribution in [1.82, 2.24) is 19.7 Å². The van der Waals surface area contributed by atoms with E-state index in [1.54, 1.807) is 29.1 Å². The Morgan fingerprint density at radius 3 is 3.00 bits per heavy atom. The zero-order chi connectivity index (χ0) is 17.5. The Labute approximate surface area is 144 Å². The highest BCUT2D eigenvalue weighted by atomic mass is 19.1. The summed E-state index contributed by atoms with van der Waals surface area (Å²) in [6.07, 6.45) is 4.20. The molecule has 0 spiro atoms. The molecule has 7 nitrogen and oxygen atoms in total. The first-order valence-electron chi connectivity index (χ1n) is 7.94. The van der Waals surface area contributed by atoms with Crippen LogP contribution in [0.5, 0.6) is 5.75 Å². The van der Waals surface area contributed by atoms with Crippen LogP contribution in [0, 0.1) is 17.1 Å². The van der Waals surface area contributed by atoms with E-state index in [2.05, 4.69) is 26.5 Å². The highest BCUT2D eigenvalue weighted by Gasteiger charge is 2.09. The quantitative estimate of drug-likeness (QED) is 0.634. The van der Waals surface area contributed by atoms with Gasteiger partial charge in [-0.3, -0.25) is 0 Å². The van der Waals surface area contributed by atoms with Gasteiger partial charge in [-0.25, -0.2) is 19.0 Å². The molecule has 0 aliphatic carbocycles. The van der Waals surface area contributed by atoms with Crippen molar-refractivity contribution in [2.75, 3.05) is 18.5 Å². The molecule has 0 radical (unpaired) electrons. The number of nitriles is 1. The van der Waals surface area contributed by atoms with E-state index in [1.807, 2.05) is 0 Å². The fourth-order valence-corrected chi connectivity index (χ4v) is 2.38. The molecule has 8 heteroatoms. The molecule has 25 heavy (non-hydrogen) atoms. The van der Waals surface area contributed by atoms with E-state index in [4.69, 9.17) is 10.00 Å². The molecule has 128 valence electrons. The number of anilines is 1. The van der Waals surface area contributed by atoms with Gasteiger partial charge >= 0.3 is 0 Å². The van der Waals surface area contributed by atoms with E-state index in [0.717, 1.165) is 5.39 Å². The van der Waals surface area contributed by atoms with Crippen molar-refractivity contribution in [2.45, 2.75) is 19.4 Å². The zero-order valence-corrected chi connectivity index (χ0v) is 13.5. The normalized spacial score (nSPS) is 10.6. The third kappa shape index (κ3) is 4.01. The number of hydrogen-bond donors (Lipinski definition) is 1. The average Bonchev–Trinajstić information content (AvgIpc) is 3.05. The average molecular weight is 340 g/mol. The van der Waals surface area contributed by atoms with Crippen LogP contribution in [-0.4, -0.2) is 32.9 Å². The molecular weight excluding hydrogens is 323 g/mol. The van der Waals surface area contributed by atoms with Crippen molar-refractivity contribution >= 4 is 16.9 Å². The van der Waals surface area contributed by atoms with E-state index in [9.17, 15) is 4.39 Å². The van der Waals surface area contributed by atoms with Gasteiger partial charge in [0.25, 0.3) is 0 Å². The van der Waals surface area contributed by atoms with Crippen LogP contribution in [0.2, 0.25) is 0 Å². The Balaban J connectivity index is 1.54. The van der Waals surface area contributed by atoms with Gasteiger partial charge in [0.15, 0.2) is 17.2 Å². The molecule has 0 fully saturated rings. The Hall–Kier alpha value is -3.21. The number of benzene rings is 1. The Bertz CT molecular complexity index is 888. The van der Waals surface area contributed by atoms with Crippen LogP contribution in [0.3, 0.4) is 0 Å². The summed E-state index contributed by atoms with van der Waals surface area (Å²) in [6.45, 7) is 1.50. The third-order valence-corrected chi connectivity index (χ3v) is 3.58. The number of aryl methyl sites for hydroxylation is 1. The molecule has 0 saturated carbocycles. The summed E-state index contributed by atoms with van der Waals surface area (Å²) in [5.74, 6) is 0.572. The number of halogens is 1. The van der Waals surface area contributed by atoms with Crippen molar-refractivity contribution < 1.29 is 9.13 Å². The first-order valence-corrected chi connectivity index (χ1v) is 7.94. The van der Waals surface area contributed by atoms with Gasteiger partial charge in [0, 0.05) is 6.54 Å². The van der Waals surface area contributed by atoms with Crippen LogP contribution in [-0.2, 0) is 6.54 Å². The third-order valence-electron chi connectivity index (χ3n) is 3.58. The van der Waals surface area contributed by atoms with Crippen LogP contribution < -0.4 is 10.1 Å². The zero-order valence-electron chi connectivity index (χ0n) is 13.5. The molecule has 1 aromatic carbocycles. The fraction of sp³-hybridized carbons (Fsp3) is 0.294. The molecule has 0 aliphatic rings. The predicted molar refractivity (Wildman–Crippen MR) is 90.6 cm³/mol. The van der Waals surface area contributed by atoms with Crippen LogP contribution in [0.1, 0.15) is 12.8 Å². The van der Waals surface area contributed by atoms with E-state index < -0.39 is 0 Å². The maximum Gasteiger partial charge on any atom is 0.165 e. The lowest BCUT2D eigenvalue weighted by Gasteiger charge is -2.08. The number of aromatic nitrogens is 4. The summed E-state index contributed by atoms with van der Waals surface area (Å²) >= 11 is 0. The summed E-state index contributed by atoms with van der Waals surface area (Å²) in [5, 5.41) is 16.9. The van der Waals surface area contributed by atoms with E-state index in [1.165, 1.54) is 12.4 Å². The number of fused-ring (bicyclic) bond motifs is 1. The highest BCUT2D eigenvalue weighted by Crippen LogP contribution is 2.19. The van der Waals surface area contributed by atoms with Gasteiger partial charge in [-0.2, -0.15) is 10.4 Å². The van der Waals surface area contributed by atoms with Gasteiger partial charge in [-0.05, 0) is 18.6 Å². The SMILES string of the molecule is N#CCCn1ncc2c(NCCCOc3ccccc3F)ncnc21. The lowest BCUT2D eigenvalue weighted by molar-refractivity contribution is 0.299. The first kappa shape index (κ1) is 16.6. The first-order chi connectivity index (χ1) is 12.3. The molecule has 0 atom stereocenters. The summed E-state index contributed by atoms with van der Waals surface area (Å²) in [5.41, 5.74) is 0.690. The molecule has 2 heterocycles. The second-order valence-electron chi connectivity index (χ2n) is 5.29. The van der Waals surface area contributed by atoms with Crippen LogP contribution >= 0.6 is 0 Å². The molecule has 0 unspecified atom stereocenters. The van der Waals surface area contributed by atoms with E-state index in [0.29, 0.717) is 44.0 Å². The van der Waals surface area contributed by atoms with Crippen molar-refractivity contribution in [2.24, 2.45) is 0 Å². The Morgan fingerprint density at radius 1 is 1.28 bits per heavy atom. The van der Waals surface area contributed by atoms with E-state index in [-0.39, 0.29) is 11.6 Å². The van der Waals surface area contributed by atoms with Crippen molar-refractivity contribution in [3.63, 3.8) is 0 Å². The largest absolute Gasteiger partial charge is 0.490 e. The van der Waals surface area contributed by atoms with Crippen molar-refractivity contribution in [1.29, 1.82) is 5.26 Å². The lowest BCUT2D eigenvalue weighted by atomic mass is 10.3. The maximum absolute atomic E-state index is 13.4. The summed E-state index contributed by atoms with van der Waals surface area (Å²) in [4.78, 5) is 8.45. The molecule has 1 N–H and O–H groups in total. The highest BCUT2D eigenvalue weighted by molar-refractivity contribution is 5.85. The van der Waals surface area contributed by atoms with Crippen molar-refractivity contribution in [3.05, 3.63) is 42.6 Å². The number of para-hydroxylation sites is 1. The molecule has 2 aromatic heterocycles. The van der Waals surface area contributed by atoms with Crippen LogP contribution in [0.15, 0.2) is 36.8 Å². The van der Waals surface area contributed by atoms with Crippen LogP contribution in [0.25, 0.3) is 11.0 Å². The Kier molecular flexibility index (Phi) is 5.36. The van der Waals surface area contributed by atoms with Gasteiger partial charge in [0.1, 0.15) is 12.1 Å². The minimum Gasteiger partial charge on any atom is -0.490 e. The maximum atomic E-state index is 13.4. The number of nitrogens with one attached hydrogen (secondary N) is 1. The molecule has 3 rings (SSSR count). The molecule has 0 bridgehead atoms. The molecular formula is C17H17FN6O. The Morgan fingerprint density at radius 2 is 2.16 bits per heavy atom. The second kappa shape index (κ2) is 8.06. The summed E-state index contributed by atoms with van der Waals surface area (Å²) in [7, 11) is 0. The second-order valence-corrected chi connectivity index (χ2v) is 5.29. The van der Waals surface area contributed by atoms with Crippen LogP contribution in [0.4, 0.5) is 10.2 Å². The number of ether oxygens (including phenoxy) is 1. The standard InChI is InChI=1S/C17H17FN6O/c18-14-5-1-2-6-15(14)25-10-4-8-20-16-13-11-23-24(9-3-7-19)17(13)22-12-21-16/h1-2,5-6,11-12H,3-4,8-10H2,(H,20,21,22). The van der Waals surface area contributed by atoms with Gasteiger partial charge in [-0.1, -0.05) is 12.1 Å². The van der Waals surface area contributed by atoms with Gasteiger partial charge in [0.2, 0.25) is 0 Å². The fourth-order valence-electron chi connectivity index (χ4n) is 2.38. The van der Waals surface area contributed by atoms with Crippen molar-refractivity contribution in [3.8, 4) is 11.8 Å². The van der Waals surface area contributed by atoms with Gasteiger partial charge in [-0.15, -0.1) is 0 Å². The monoisotopic (exact) mass is 340 g/mol. The van der Waals surface area contributed by atoms with Gasteiger partial charge < -0.3 is 10.1 Å². The minimum absolute atomic E-state index is 0.255. The summed E-state index contributed by atoms with van der Waals surface area (Å²) in [6, 6.07) is 8.42. The molecule has 3 aromatic rings. The lowest BCUT2D eigenvalue weighted by Crippen LogP contribution is -2.09. The predicted octanol–water partition coefficient (Wildman–Crippen LogP) is 2.76. The topological polar surface area (TPSA) is 88.7 Å². The molecule has 0 saturated heterocycles. The minimum atomic E-state index is -0.363. The van der Waals surface area contributed by atoms with E-state index >= 15 is 0 Å². The van der Waals surface area contributed by atoms with Gasteiger partial charge in [0.05, 0.1) is 37.2 Å². The number of rotatable bonds is 8. The smallest absolute Gasteiger partial charge is 0.165 e.